The third kappa shape index (κ3) is 2.62. The lowest BCUT2D eigenvalue weighted by Gasteiger charge is -2.02. The van der Waals surface area contributed by atoms with Gasteiger partial charge in [0.05, 0.1) is 0 Å². The zero-order valence-electron chi connectivity index (χ0n) is 9.49. The van der Waals surface area contributed by atoms with Gasteiger partial charge in [-0.05, 0) is 25.0 Å². The molecule has 3 nitrogen and oxygen atoms in total. The van der Waals surface area contributed by atoms with Gasteiger partial charge in [0.2, 0.25) is 5.13 Å². The maximum atomic E-state index is 13.6. The van der Waals surface area contributed by atoms with E-state index in [0.717, 1.165) is 5.13 Å². The summed E-state index contributed by atoms with van der Waals surface area (Å²) in [6.45, 7) is 0. The molecule has 1 aliphatic carbocycles. The first-order valence-corrected chi connectivity index (χ1v) is 6.89. The van der Waals surface area contributed by atoms with E-state index >= 15 is 0 Å². The molecular weight excluding hydrogens is 273 g/mol. The monoisotopic (exact) mass is 283 g/mol. The van der Waals surface area contributed by atoms with Crippen molar-refractivity contribution in [2.75, 3.05) is 5.32 Å². The summed E-state index contributed by atoms with van der Waals surface area (Å²) in [5.41, 5.74) is 0.454. The van der Waals surface area contributed by atoms with Crippen molar-refractivity contribution in [1.82, 2.24) is 9.36 Å². The van der Waals surface area contributed by atoms with E-state index < -0.39 is 0 Å². The molecule has 1 aromatic heterocycles. The second-order valence-corrected chi connectivity index (χ2v) is 5.47. The number of benzene rings is 1. The second-order valence-electron chi connectivity index (χ2n) is 4.31. The standard InChI is InChI=1S/C12H11ClFN3S/c13-9-2-1-3-10(14)8(9)6-11-16-12(18-17-11)15-7-4-5-7/h1-3,7H,4-6H2,(H,15,16,17). The Bertz CT molecular complexity index is 548. The molecule has 0 spiro atoms. The molecule has 0 radical (unpaired) electrons. The zero-order valence-corrected chi connectivity index (χ0v) is 11.1. The molecule has 18 heavy (non-hydrogen) atoms. The van der Waals surface area contributed by atoms with Crippen molar-refractivity contribution >= 4 is 28.3 Å². The first-order valence-electron chi connectivity index (χ1n) is 5.74. The van der Waals surface area contributed by atoms with E-state index in [1.165, 1.54) is 30.4 Å². The highest BCUT2D eigenvalue weighted by atomic mass is 35.5. The third-order valence-electron chi connectivity index (χ3n) is 2.77. The number of hydrogen-bond acceptors (Lipinski definition) is 4. The first kappa shape index (κ1) is 11.9. The Morgan fingerprint density at radius 1 is 1.44 bits per heavy atom. The number of rotatable bonds is 4. The molecule has 1 N–H and O–H groups in total. The Labute approximate surface area is 113 Å². The van der Waals surface area contributed by atoms with E-state index in [0.29, 0.717) is 28.9 Å². The largest absolute Gasteiger partial charge is 0.358 e. The molecule has 3 rings (SSSR count). The predicted octanol–water partition coefficient (Wildman–Crippen LogP) is 3.50. The molecule has 0 bridgehead atoms. The number of anilines is 1. The summed E-state index contributed by atoms with van der Waals surface area (Å²) in [4.78, 5) is 4.34. The molecule has 1 aliphatic rings. The van der Waals surface area contributed by atoms with Gasteiger partial charge in [0, 0.05) is 34.6 Å². The Morgan fingerprint density at radius 2 is 2.28 bits per heavy atom. The molecule has 0 saturated heterocycles. The van der Waals surface area contributed by atoms with Crippen LogP contribution in [0.5, 0.6) is 0 Å². The van der Waals surface area contributed by atoms with Gasteiger partial charge in [-0.3, -0.25) is 0 Å². The fraction of sp³-hybridized carbons (Fsp3) is 0.333. The minimum atomic E-state index is -0.311. The van der Waals surface area contributed by atoms with Crippen LogP contribution in [0.3, 0.4) is 0 Å². The number of halogens is 2. The quantitative estimate of drug-likeness (QED) is 0.933. The van der Waals surface area contributed by atoms with Crippen LogP contribution in [0.1, 0.15) is 24.2 Å². The summed E-state index contributed by atoms with van der Waals surface area (Å²) in [6, 6.07) is 5.21. The summed E-state index contributed by atoms with van der Waals surface area (Å²) in [6.07, 6.45) is 2.70. The van der Waals surface area contributed by atoms with Gasteiger partial charge in [0.1, 0.15) is 11.6 Å². The smallest absolute Gasteiger partial charge is 0.202 e. The van der Waals surface area contributed by atoms with Gasteiger partial charge in [-0.1, -0.05) is 17.7 Å². The van der Waals surface area contributed by atoms with Gasteiger partial charge in [-0.15, -0.1) is 0 Å². The summed E-state index contributed by atoms with van der Waals surface area (Å²) in [5, 5.41) is 4.49. The van der Waals surface area contributed by atoms with Crippen LogP contribution in [0.2, 0.25) is 5.02 Å². The normalized spacial score (nSPS) is 14.8. The minimum absolute atomic E-state index is 0.311. The SMILES string of the molecule is Fc1cccc(Cl)c1Cc1nsc(NC2CC2)n1. The molecule has 0 unspecified atom stereocenters. The highest BCUT2D eigenvalue weighted by Crippen LogP contribution is 2.27. The molecule has 1 fully saturated rings. The lowest BCUT2D eigenvalue weighted by atomic mass is 10.1. The minimum Gasteiger partial charge on any atom is -0.358 e. The number of nitrogens with one attached hydrogen (secondary N) is 1. The Hall–Kier alpha value is -1.20. The average Bonchev–Trinajstić information content (AvgIpc) is 3.03. The van der Waals surface area contributed by atoms with Gasteiger partial charge < -0.3 is 5.32 Å². The Balaban J connectivity index is 1.76. The molecule has 2 aromatic rings. The van der Waals surface area contributed by atoms with Crippen LogP contribution in [0.15, 0.2) is 18.2 Å². The lowest BCUT2D eigenvalue weighted by Crippen LogP contribution is -2.01. The van der Waals surface area contributed by atoms with Crippen LogP contribution in [0, 0.1) is 5.82 Å². The number of aromatic nitrogens is 2. The van der Waals surface area contributed by atoms with Gasteiger partial charge >= 0.3 is 0 Å². The van der Waals surface area contributed by atoms with Crippen LogP contribution in [0.25, 0.3) is 0 Å². The molecule has 1 aromatic carbocycles. The second kappa shape index (κ2) is 4.82. The van der Waals surface area contributed by atoms with Crippen molar-refractivity contribution < 1.29 is 4.39 Å². The molecule has 0 atom stereocenters. The third-order valence-corrected chi connectivity index (χ3v) is 3.81. The van der Waals surface area contributed by atoms with Crippen LogP contribution in [-0.2, 0) is 6.42 Å². The van der Waals surface area contributed by atoms with Crippen molar-refractivity contribution in [2.24, 2.45) is 0 Å². The van der Waals surface area contributed by atoms with E-state index in [2.05, 4.69) is 14.7 Å². The van der Waals surface area contributed by atoms with Crippen LogP contribution >= 0.6 is 23.1 Å². The van der Waals surface area contributed by atoms with Crippen LogP contribution in [-0.4, -0.2) is 15.4 Å². The zero-order chi connectivity index (χ0) is 12.5. The first-order chi connectivity index (χ1) is 8.72. The van der Waals surface area contributed by atoms with Crippen LogP contribution in [0.4, 0.5) is 9.52 Å². The van der Waals surface area contributed by atoms with Crippen molar-refractivity contribution in [3.05, 3.63) is 40.4 Å². The lowest BCUT2D eigenvalue weighted by molar-refractivity contribution is 0.612. The van der Waals surface area contributed by atoms with Crippen molar-refractivity contribution in [2.45, 2.75) is 25.3 Å². The fourth-order valence-electron chi connectivity index (χ4n) is 1.65. The summed E-state index contributed by atoms with van der Waals surface area (Å²) in [5.74, 6) is 0.296. The molecule has 0 aliphatic heterocycles. The summed E-state index contributed by atoms with van der Waals surface area (Å²) in [7, 11) is 0. The fourth-order valence-corrected chi connectivity index (χ4v) is 2.54. The van der Waals surface area contributed by atoms with Crippen LogP contribution < -0.4 is 5.32 Å². The molecular formula is C12H11ClFN3S. The Morgan fingerprint density at radius 3 is 3.00 bits per heavy atom. The van der Waals surface area contributed by atoms with E-state index in [1.54, 1.807) is 12.1 Å². The highest BCUT2D eigenvalue weighted by Gasteiger charge is 2.22. The van der Waals surface area contributed by atoms with Gasteiger partial charge in [0.25, 0.3) is 0 Å². The number of hydrogen-bond donors (Lipinski definition) is 1. The molecule has 6 heteroatoms. The molecule has 1 heterocycles. The molecule has 1 saturated carbocycles. The van der Waals surface area contributed by atoms with E-state index in [1.807, 2.05) is 0 Å². The topological polar surface area (TPSA) is 37.8 Å². The average molecular weight is 284 g/mol. The summed E-state index contributed by atoms with van der Waals surface area (Å²) >= 11 is 7.28. The van der Waals surface area contributed by atoms with Crippen molar-refractivity contribution in [3.63, 3.8) is 0 Å². The summed E-state index contributed by atoms with van der Waals surface area (Å²) < 4.78 is 17.8. The Kier molecular flexibility index (Phi) is 3.18. The van der Waals surface area contributed by atoms with E-state index in [-0.39, 0.29) is 5.82 Å². The van der Waals surface area contributed by atoms with Gasteiger partial charge in [-0.2, -0.15) is 4.37 Å². The number of nitrogens with zero attached hydrogens (tertiary/aromatic N) is 2. The van der Waals surface area contributed by atoms with E-state index in [4.69, 9.17) is 11.6 Å². The maximum Gasteiger partial charge on any atom is 0.202 e. The highest BCUT2D eigenvalue weighted by molar-refractivity contribution is 7.09. The van der Waals surface area contributed by atoms with Gasteiger partial charge in [0.15, 0.2) is 0 Å². The van der Waals surface area contributed by atoms with E-state index in [9.17, 15) is 4.39 Å². The predicted molar refractivity (Wildman–Crippen MR) is 70.8 cm³/mol. The van der Waals surface area contributed by atoms with Crippen molar-refractivity contribution in [3.8, 4) is 0 Å². The molecule has 0 amide bonds. The van der Waals surface area contributed by atoms with Gasteiger partial charge in [-0.25, -0.2) is 9.37 Å². The maximum absolute atomic E-state index is 13.6. The molecule has 94 valence electrons. The van der Waals surface area contributed by atoms with Crippen molar-refractivity contribution in [1.29, 1.82) is 0 Å².